The van der Waals surface area contributed by atoms with Gasteiger partial charge in [0.05, 0.1) is 0 Å². The lowest BCUT2D eigenvalue weighted by Crippen LogP contribution is -2.41. The van der Waals surface area contributed by atoms with Crippen molar-refractivity contribution in [1.82, 2.24) is 9.80 Å². The zero-order valence-electron chi connectivity index (χ0n) is 13.4. The van der Waals surface area contributed by atoms with Gasteiger partial charge in [-0.1, -0.05) is 32.1 Å². The summed E-state index contributed by atoms with van der Waals surface area (Å²) in [6.45, 7) is 2.14. The maximum absolute atomic E-state index is 12.2. The van der Waals surface area contributed by atoms with Crippen LogP contribution in [0.25, 0.3) is 0 Å². The van der Waals surface area contributed by atoms with Crippen LogP contribution in [-0.4, -0.2) is 54.4 Å². The van der Waals surface area contributed by atoms with Crippen LogP contribution in [0.4, 0.5) is 0 Å². The number of nitrogens with two attached hydrogens (primary N) is 1. The van der Waals surface area contributed by atoms with E-state index in [1.54, 1.807) is 0 Å². The average Bonchev–Trinajstić information content (AvgIpc) is 2.81. The second-order valence-electron chi connectivity index (χ2n) is 6.37. The summed E-state index contributed by atoms with van der Waals surface area (Å²) in [4.78, 5) is 20.6. The molecule has 0 radical (unpaired) electrons. The summed E-state index contributed by atoms with van der Waals surface area (Å²) in [7, 11) is 1.91. The number of amides is 1. The van der Waals surface area contributed by atoms with Gasteiger partial charge in [0.2, 0.25) is 5.91 Å². The highest BCUT2D eigenvalue weighted by Crippen LogP contribution is 2.21. The fraction of sp³-hybridized carbons (Fsp3) is 0.875. The largest absolute Gasteiger partial charge is 0.370 e. The molecular weight excluding hydrogens is 264 g/mol. The molecule has 0 aromatic carbocycles. The Morgan fingerprint density at radius 3 is 2.29 bits per heavy atom. The van der Waals surface area contributed by atoms with Gasteiger partial charge in [-0.25, -0.2) is 4.99 Å². The molecule has 0 spiro atoms. The predicted octanol–water partition coefficient (Wildman–Crippen LogP) is 1.97. The zero-order chi connectivity index (χ0) is 15.1. The summed E-state index contributed by atoms with van der Waals surface area (Å²) in [5, 5.41) is 0. The lowest BCUT2D eigenvalue weighted by Gasteiger charge is -2.31. The summed E-state index contributed by atoms with van der Waals surface area (Å²) >= 11 is 0. The fourth-order valence-electron chi connectivity index (χ4n) is 3.33. The molecule has 120 valence electrons. The Bertz CT molecular complexity index is 355. The van der Waals surface area contributed by atoms with E-state index in [4.69, 9.17) is 5.73 Å². The minimum atomic E-state index is 0.0969. The fourth-order valence-corrected chi connectivity index (χ4v) is 3.33. The van der Waals surface area contributed by atoms with Crippen molar-refractivity contribution in [2.24, 2.45) is 10.7 Å². The zero-order valence-corrected chi connectivity index (χ0v) is 13.4. The first-order valence-corrected chi connectivity index (χ1v) is 8.49. The SMILES string of the molecule is CN(C(=O)CN=C(N)N1CCCCCC1)C1CCCCC1. The van der Waals surface area contributed by atoms with Crippen molar-refractivity contribution in [3.05, 3.63) is 0 Å². The molecule has 2 fully saturated rings. The standard InChI is InChI=1S/C16H30N4O/c1-19(14-9-5-4-6-10-14)15(21)13-18-16(17)20-11-7-2-3-8-12-20/h14H,2-13H2,1H3,(H2,17,18). The molecule has 0 unspecified atom stereocenters. The summed E-state index contributed by atoms with van der Waals surface area (Å²) in [6.07, 6.45) is 10.9. The van der Waals surface area contributed by atoms with Crippen LogP contribution in [0.1, 0.15) is 57.8 Å². The molecule has 5 nitrogen and oxygen atoms in total. The first-order chi connectivity index (χ1) is 10.2. The number of carbonyl (C=O) groups excluding carboxylic acids is 1. The Labute approximate surface area is 128 Å². The van der Waals surface area contributed by atoms with Gasteiger partial charge in [-0.2, -0.15) is 0 Å². The third-order valence-electron chi connectivity index (χ3n) is 4.82. The lowest BCUT2D eigenvalue weighted by atomic mass is 9.94. The molecule has 21 heavy (non-hydrogen) atoms. The molecule has 0 bridgehead atoms. The van der Waals surface area contributed by atoms with Crippen molar-refractivity contribution >= 4 is 11.9 Å². The monoisotopic (exact) mass is 294 g/mol. The average molecular weight is 294 g/mol. The van der Waals surface area contributed by atoms with Crippen LogP contribution in [0.2, 0.25) is 0 Å². The van der Waals surface area contributed by atoms with E-state index in [0.717, 1.165) is 25.9 Å². The van der Waals surface area contributed by atoms with Crippen LogP contribution in [-0.2, 0) is 4.79 Å². The van der Waals surface area contributed by atoms with Gasteiger partial charge in [0, 0.05) is 26.2 Å². The predicted molar refractivity (Wildman–Crippen MR) is 86.2 cm³/mol. The Hall–Kier alpha value is -1.26. The summed E-state index contributed by atoms with van der Waals surface area (Å²) in [6, 6.07) is 0.404. The van der Waals surface area contributed by atoms with Gasteiger partial charge in [-0.05, 0) is 25.7 Å². The van der Waals surface area contributed by atoms with Gasteiger partial charge < -0.3 is 15.5 Å². The molecule has 1 heterocycles. The lowest BCUT2D eigenvalue weighted by molar-refractivity contribution is -0.130. The Kier molecular flexibility index (Phi) is 6.33. The number of hydrogen-bond donors (Lipinski definition) is 1. The summed E-state index contributed by atoms with van der Waals surface area (Å²) < 4.78 is 0. The molecular formula is C16H30N4O. The third kappa shape index (κ3) is 4.90. The maximum Gasteiger partial charge on any atom is 0.244 e. The normalized spacial score (nSPS) is 22.0. The van der Waals surface area contributed by atoms with Gasteiger partial charge in [0.25, 0.3) is 0 Å². The van der Waals surface area contributed by atoms with Crippen molar-refractivity contribution in [1.29, 1.82) is 0 Å². The van der Waals surface area contributed by atoms with Crippen LogP contribution >= 0.6 is 0 Å². The number of carbonyl (C=O) groups is 1. The first-order valence-electron chi connectivity index (χ1n) is 8.49. The molecule has 1 saturated heterocycles. The van der Waals surface area contributed by atoms with Crippen molar-refractivity contribution in [2.75, 3.05) is 26.7 Å². The van der Waals surface area contributed by atoms with E-state index in [9.17, 15) is 4.79 Å². The van der Waals surface area contributed by atoms with Gasteiger partial charge in [0.1, 0.15) is 6.54 Å². The third-order valence-corrected chi connectivity index (χ3v) is 4.82. The molecule has 5 heteroatoms. The van der Waals surface area contributed by atoms with Gasteiger partial charge in [-0.15, -0.1) is 0 Å². The molecule has 1 aliphatic carbocycles. The van der Waals surface area contributed by atoms with Crippen molar-refractivity contribution in [3.63, 3.8) is 0 Å². The molecule has 2 aliphatic rings. The number of nitrogens with zero attached hydrogens (tertiary/aromatic N) is 3. The summed E-state index contributed by atoms with van der Waals surface area (Å²) in [5.74, 6) is 0.641. The van der Waals surface area contributed by atoms with E-state index in [-0.39, 0.29) is 12.5 Å². The first kappa shape index (κ1) is 16.1. The van der Waals surface area contributed by atoms with Crippen LogP contribution < -0.4 is 5.73 Å². The minimum Gasteiger partial charge on any atom is -0.370 e. The number of rotatable bonds is 3. The maximum atomic E-state index is 12.2. The highest BCUT2D eigenvalue weighted by atomic mass is 16.2. The van der Waals surface area contributed by atoms with E-state index in [1.807, 2.05) is 11.9 Å². The van der Waals surface area contributed by atoms with E-state index in [0.29, 0.717) is 12.0 Å². The van der Waals surface area contributed by atoms with Crippen LogP contribution in [0.5, 0.6) is 0 Å². The van der Waals surface area contributed by atoms with Crippen molar-refractivity contribution in [2.45, 2.75) is 63.8 Å². The topological polar surface area (TPSA) is 61.9 Å². The smallest absolute Gasteiger partial charge is 0.244 e. The number of hydrogen-bond acceptors (Lipinski definition) is 2. The highest BCUT2D eigenvalue weighted by molar-refractivity contribution is 5.84. The second-order valence-corrected chi connectivity index (χ2v) is 6.37. The van der Waals surface area contributed by atoms with E-state index in [1.165, 1.54) is 44.9 Å². The van der Waals surface area contributed by atoms with Gasteiger partial charge in [-0.3, -0.25) is 4.79 Å². The van der Waals surface area contributed by atoms with Gasteiger partial charge >= 0.3 is 0 Å². The van der Waals surface area contributed by atoms with Crippen molar-refractivity contribution in [3.8, 4) is 0 Å². The number of likely N-dealkylation sites (N-methyl/N-ethyl adjacent to an activating group) is 1. The minimum absolute atomic E-state index is 0.0969. The van der Waals surface area contributed by atoms with Crippen LogP contribution in [0.3, 0.4) is 0 Å². The molecule has 1 aliphatic heterocycles. The Balaban J connectivity index is 1.81. The Morgan fingerprint density at radius 2 is 1.67 bits per heavy atom. The molecule has 0 aromatic rings. The van der Waals surface area contributed by atoms with Crippen LogP contribution in [0.15, 0.2) is 4.99 Å². The molecule has 2 N–H and O–H groups in total. The van der Waals surface area contributed by atoms with E-state index < -0.39 is 0 Å². The summed E-state index contributed by atoms with van der Waals surface area (Å²) in [5.41, 5.74) is 6.05. The van der Waals surface area contributed by atoms with E-state index >= 15 is 0 Å². The molecule has 1 amide bonds. The quantitative estimate of drug-likeness (QED) is 0.639. The number of aliphatic imine (C=N–C) groups is 1. The molecule has 2 rings (SSSR count). The Morgan fingerprint density at radius 1 is 1.10 bits per heavy atom. The molecule has 0 atom stereocenters. The highest BCUT2D eigenvalue weighted by Gasteiger charge is 2.21. The molecule has 0 aromatic heterocycles. The van der Waals surface area contributed by atoms with Crippen molar-refractivity contribution < 1.29 is 4.79 Å². The van der Waals surface area contributed by atoms with Gasteiger partial charge in [0.15, 0.2) is 5.96 Å². The number of guanidine groups is 1. The van der Waals surface area contributed by atoms with E-state index in [2.05, 4.69) is 9.89 Å². The van der Waals surface area contributed by atoms with Crippen LogP contribution in [0, 0.1) is 0 Å². The second kappa shape index (κ2) is 8.25. The number of likely N-dealkylation sites (tertiary alicyclic amines) is 1. The molecule has 1 saturated carbocycles.